The molecule has 1 aliphatic rings. The third-order valence-electron chi connectivity index (χ3n) is 4.66. The summed E-state index contributed by atoms with van der Waals surface area (Å²) in [7, 11) is 1.78. The first-order valence-electron chi connectivity index (χ1n) is 10.0. The fourth-order valence-electron chi connectivity index (χ4n) is 3.28. The molecule has 2 unspecified atom stereocenters. The quantitative estimate of drug-likeness (QED) is 0.438. The minimum atomic E-state index is 0.0740. The summed E-state index contributed by atoms with van der Waals surface area (Å²) in [5, 5.41) is 6.63. The maximum absolute atomic E-state index is 12.7. The Morgan fingerprint density at radius 2 is 1.81 bits per heavy atom. The van der Waals surface area contributed by atoms with Crippen molar-refractivity contribution in [1.29, 1.82) is 0 Å². The van der Waals surface area contributed by atoms with Gasteiger partial charge in [-0.15, -0.1) is 0 Å². The number of aliphatic imine (C=N–C) groups is 1. The van der Waals surface area contributed by atoms with E-state index in [4.69, 9.17) is 4.74 Å². The van der Waals surface area contributed by atoms with Gasteiger partial charge in [0.05, 0.1) is 12.2 Å². The molecule has 0 aliphatic carbocycles. The molecule has 0 saturated carbocycles. The molecule has 1 amide bonds. The van der Waals surface area contributed by atoms with E-state index in [1.165, 1.54) is 12.8 Å². The molecule has 0 radical (unpaired) electrons. The number of benzene rings is 1. The first kappa shape index (κ1) is 21.2. The van der Waals surface area contributed by atoms with E-state index in [-0.39, 0.29) is 18.1 Å². The summed E-state index contributed by atoms with van der Waals surface area (Å²) in [6.07, 6.45) is 3.74. The highest BCUT2D eigenvalue weighted by Gasteiger charge is 2.26. The van der Waals surface area contributed by atoms with Gasteiger partial charge in [-0.25, -0.2) is 0 Å². The predicted molar refractivity (Wildman–Crippen MR) is 110 cm³/mol. The van der Waals surface area contributed by atoms with Crippen molar-refractivity contribution in [2.75, 3.05) is 26.7 Å². The number of hydrogen-bond acceptors (Lipinski definition) is 3. The summed E-state index contributed by atoms with van der Waals surface area (Å²) >= 11 is 0. The SMILES string of the molecule is CCCCCNC(=NC)NCc1ccc(C(=O)N2CC(C)OC(C)C2)cc1. The van der Waals surface area contributed by atoms with Crippen molar-refractivity contribution in [1.82, 2.24) is 15.5 Å². The lowest BCUT2D eigenvalue weighted by Gasteiger charge is -2.35. The van der Waals surface area contributed by atoms with Crippen molar-refractivity contribution < 1.29 is 9.53 Å². The number of amides is 1. The van der Waals surface area contributed by atoms with E-state index in [1.54, 1.807) is 7.05 Å². The van der Waals surface area contributed by atoms with E-state index >= 15 is 0 Å². The van der Waals surface area contributed by atoms with E-state index in [1.807, 2.05) is 43.0 Å². The van der Waals surface area contributed by atoms with Crippen LogP contribution in [0.15, 0.2) is 29.3 Å². The van der Waals surface area contributed by atoms with Gasteiger partial charge in [-0.05, 0) is 38.0 Å². The van der Waals surface area contributed by atoms with E-state index in [0.717, 1.165) is 30.1 Å². The Kier molecular flexibility index (Phi) is 8.58. The summed E-state index contributed by atoms with van der Waals surface area (Å²) in [6.45, 7) is 9.10. The number of nitrogens with zero attached hydrogens (tertiary/aromatic N) is 2. The fraction of sp³-hybridized carbons (Fsp3) is 0.619. The number of carbonyl (C=O) groups excluding carboxylic acids is 1. The van der Waals surface area contributed by atoms with Crippen LogP contribution in [-0.4, -0.2) is 55.7 Å². The van der Waals surface area contributed by atoms with Gasteiger partial charge >= 0.3 is 0 Å². The Labute approximate surface area is 163 Å². The summed E-state index contributed by atoms with van der Waals surface area (Å²) in [5.41, 5.74) is 1.84. The van der Waals surface area contributed by atoms with Gasteiger partial charge in [0.2, 0.25) is 0 Å². The number of hydrogen-bond donors (Lipinski definition) is 2. The van der Waals surface area contributed by atoms with E-state index in [9.17, 15) is 4.79 Å². The van der Waals surface area contributed by atoms with Crippen LogP contribution in [0.2, 0.25) is 0 Å². The molecule has 1 aromatic rings. The molecule has 27 heavy (non-hydrogen) atoms. The second kappa shape index (κ2) is 10.9. The molecule has 0 spiro atoms. The van der Waals surface area contributed by atoms with E-state index in [0.29, 0.717) is 19.6 Å². The number of morpholine rings is 1. The molecule has 1 heterocycles. The van der Waals surface area contributed by atoms with Gasteiger partial charge in [0, 0.05) is 38.8 Å². The zero-order valence-corrected chi connectivity index (χ0v) is 17.1. The van der Waals surface area contributed by atoms with Crippen LogP contribution in [0.1, 0.15) is 56.0 Å². The Hall–Kier alpha value is -2.08. The smallest absolute Gasteiger partial charge is 0.254 e. The molecule has 2 rings (SSSR count). The van der Waals surface area contributed by atoms with Crippen LogP contribution >= 0.6 is 0 Å². The zero-order valence-electron chi connectivity index (χ0n) is 17.1. The highest BCUT2D eigenvalue weighted by atomic mass is 16.5. The lowest BCUT2D eigenvalue weighted by Crippen LogP contribution is -2.48. The largest absolute Gasteiger partial charge is 0.372 e. The van der Waals surface area contributed by atoms with Crippen LogP contribution in [0.4, 0.5) is 0 Å². The Balaban J connectivity index is 1.84. The third kappa shape index (κ3) is 6.86. The number of rotatable bonds is 7. The van der Waals surface area contributed by atoms with Crippen LogP contribution in [0.5, 0.6) is 0 Å². The highest BCUT2D eigenvalue weighted by Crippen LogP contribution is 2.15. The molecule has 1 fully saturated rings. The topological polar surface area (TPSA) is 66.0 Å². The molecule has 2 atom stereocenters. The first-order chi connectivity index (χ1) is 13.0. The standard InChI is InChI=1S/C21H34N4O2/c1-5-6-7-12-23-21(22-4)24-13-18-8-10-19(11-9-18)20(26)25-14-16(2)27-17(3)15-25/h8-11,16-17H,5-7,12-15H2,1-4H3,(H2,22,23,24). The summed E-state index contributed by atoms with van der Waals surface area (Å²) in [6, 6.07) is 7.80. The minimum absolute atomic E-state index is 0.0740. The van der Waals surface area contributed by atoms with Crippen molar-refractivity contribution in [3.63, 3.8) is 0 Å². The zero-order chi connectivity index (χ0) is 19.6. The molecular formula is C21H34N4O2. The van der Waals surface area contributed by atoms with Crippen LogP contribution < -0.4 is 10.6 Å². The highest BCUT2D eigenvalue weighted by molar-refractivity contribution is 5.94. The number of carbonyl (C=O) groups is 1. The molecule has 1 aromatic carbocycles. The second-order valence-corrected chi connectivity index (χ2v) is 7.22. The fourth-order valence-corrected chi connectivity index (χ4v) is 3.28. The number of ether oxygens (including phenoxy) is 1. The van der Waals surface area contributed by atoms with E-state index < -0.39 is 0 Å². The first-order valence-corrected chi connectivity index (χ1v) is 10.0. The Morgan fingerprint density at radius 1 is 1.15 bits per heavy atom. The lowest BCUT2D eigenvalue weighted by atomic mass is 10.1. The average Bonchev–Trinajstić information content (AvgIpc) is 2.66. The van der Waals surface area contributed by atoms with Crippen molar-refractivity contribution >= 4 is 11.9 Å². The number of unbranched alkanes of at least 4 members (excludes halogenated alkanes) is 2. The molecule has 0 bridgehead atoms. The van der Waals surface area contributed by atoms with Gasteiger partial charge in [-0.3, -0.25) is 9.79 Å². The monoisotopic (exact) mass is 374 g/mol. The summed E-state index contributed by atoms with van der Waals surface area (Å²) < 4.78 is 5.71. The van der Waals surface area contributed by atoms with Crippen LogP contribution in [0.25, 0.3) is 0 Å². The summed E-state index contributed by atoms with van der Waals surface area (Å²) in [4.78, 5) is 18.8. The van der Waals surface area contributed by atoms with Crippen molar-refractivity contribution in [3.8, 4) is 0 Å². The Bertz CT molecular complexity index is 605. The molecule has 1 aliphatic heterocycles. The van der Waals surface area contributed by atoms with E-state index in [2.05, 4.69) is 22.5 Å². The molecule has 6 nitrogen and oxygen atoms in total. The van der Waals surface area contributed by atoms with Crippen molar-refractivity contribution in [2.45, 2.75) is 58.8 Å². The van der Waals surface area contributed by atoms with Crippen LogP contribution in [0.3, 0.4) is 0 Å². The molecule has 0 aromatic heterocycles. The maximum Gasteiger partial charge on any atom is 0.254 e. The molecule has 2 N–H and O–H groups in total. The molecule has 6 heteroatoms. The van der Waals surface area contributed by atoms with Crippen molar-refractivity contribution in [3.05, 3.63) is 35.4 Å². The summed E-state index contributed by atoms with van der Waals surface area (Å²) in [5.74, 6) is 0.882. The van der Waals surface area contributed by atoms with Crippen LogP contribution in [-0.2, 0) is 11.3 Å². The third-order valence-corrected chi connectivity index (χ3v) is 4.66. The molecule has 1 saturated heterocycles. The normalized spacial score (nSPS) is 20.4. The maximum atomic E-state index is 12.7. The van der Waals surface area contributed by atoms with Crippen LogP contribution in [0, 0.1) is 0 Å². The average molecular weight is 375 g/mol. The van der Waals surface area contributed by atoms with Gasteiger partial charge < -0.3 is 20.3 Å². The second-order valence-electron chi connectivity index (χ2n) is 7.22. The van der Waals surface area contributed by atoms with Gasteiger partial charge in [-0.1, -0.05) is 31.9 Å². The molecular weight excluding hydrogens is 340 g/mol. The Morgan fingerprint density at radius 3 is 2.41 bits per heavy atom. The molecule has 150 valence electrons. The van der Waals surface area contributed by atoms with Gasteiger partial charge in [0.1, 0.15) is 0 Å². The number of nitrogens with one attached hydrogen (secondary N) is 2. The van der Waals surface area contributed by atoms with Gasteiger partial charge in [-0.2, -0.15) is 0 Å². The van der Waals surface area contributed by atoms with Gasteiger partial charge in [0.25, 0.3) is 5.91 Å². The predicted octanol–water partition coefficient (Wildman–Crippen LogP) is 2.79. The lowest BCUT2D eigenvalue weighted by molar-refractivity contribution is -0.0586. The van der Waals surface area contributed by atoms with Gasteiger partial charge in [0.15, 0.2) is 5.96 Å². The number of guanidine groups is 1. The van der Waals surface area contributed by atoms with Crippen molar-refractivity contribution in [2.24, 2.45) is 4.99 Å². The minimum Gasteiger partial charge on any atom is -0.372 e.